The van der Waals surface area contributed by atoms with Gasteiger partial charge in [0.2, 0.25) is 0 Å². The molecule has 1 aromatic carbocycles. The van der Waals surface area contributed by atoms with E-state index in [1.54, 1.807) is 6.92 Å². The Balaban J connectivity index is 2.50. The van der Waals surface area contributed by atoms with Gasteiger partial charge < -0.3 is 4.90 Å². The van der Waals surface area contributed by atoms with Crippen LogP contribution >= 0.6 is 27.5 Å². The van der Waals surface area contributed by atoms with E-state index in [1.807, 2.05) is 0 Å². The lowest BCUT2D eigenvalue weighted by atomic mass is 10.2. The van der Waals surface area contributed by atoms with Crippen molar-refractivity contribution in [3.63, 3.8) is 0 Å². The Hall–Kier alpha value is -0.280. The van der Waals surface area contributed by atoms with E-state index >= 15 is 0 Å². The highest BCUT2D eigenvalue weighted by atomic mass is 79.9. The maximum absolute atomic E-state index is 13.4. The molecule has 0 unspecified atom stereocenters. The molecule has 1 fully saturated rings. The van der Waals surface area contributed by atoms with Crippen molar-refractivity contribution in [1.82, 2.24) is 0 Å². The molecule has 1 saturated heterocycles. The molecule has 1 nitrogen and oxygen atoms in total. The minimum Gasteiger partial charge on any atom is -0.369 e. The van der Waals surface area contributed by atoms with Gasteiger partial charge in [0.25, 0.3) is 0 Å². The van der Waals surface area contributed by atoms with Crippen molar-refractivity contribution in [2.45, 2.75) is 19.8 Å². The van der Waals surface area contributed by atoms with Crippen molar-refractivity contribution in [1.29, 1.82) is 0 Å². The van der Waals surface area contributed by atoms with Crippen molar-refractivity contribution in [3.05, 3.63) is 26.9 Å². The van der Waals surface area contributed by atoms with E-state index in [0.717, 1.165) is 23.2 Å². The molecule has 0 bridgehead atoms. The zero-order valence-electron chi connectivity index (χ0n) is 8.49. The minimum absolute atomic E-state index is 0.255. The zero-order valence-corrected chi connectivity index (χ0v) is 10.8. The summed E-state index contributed by atoms with van der Waals surface area (Å²) >= 11 is 9.50. The van der Waals surface area contributed by atoms with Crippen molar-refractivity contribution < 1.29 is 4.39 Å². The number of hydrogen-bond donors (Lipinski definition) is 0. The number of halogens is 3. The van der Waals surface area contributed by atoms with Gasteiger partial charge >= 0.3 is 0 Å². The Kier molecular flexibility index (Phi) is 3.21. The minimum atomic E-state index is -0.255. The molecule has 0 spiro atoms. The van der Waals surface area contributed by atoms with Crippen molar-refractivity contribution in [2.75, 3.05) is 18.0 Å². The molecule has 0 atom stereocenters. The predicted molar refractivity (Wildman–Crippen MR) is 65.3 cm³/mol. The largest absolute Gasteiger partial charge is 0.369 e. The molecule has 1 aliphatic heterocycles. The Morgan fingerprint density at radius 2 is 2.00 bits per heavy atom. The average molecular weight is 293 g/mol. The summed E-state index contributed by atoms with van der Waals surface area (Å²) in [7, 11) is 0. The Morgan fingerprint density at radius 1 is 1.40 bits per heavy atom. The quantitative estimate of drug-likeness (QED) is 0.751. The van der Waals surface area contributed by atoms with Crippen LogP contribution in [0.4, 0.5) is 10.1 Å². The molecule has 15 heavy (non-hydrogen) atoms. The highest BCUT2D eigenvalue weighted by Gasteiger charge is 2.20. The summed E-state index contributed by atoms with van der Waals surface area (Å²) in [5.41, 5.74) is 1.56. The fourth-order valence-electron chi connectivity index (χ4n) is 1.91. The lowest BCUT2D eigenvalue weighted by Crippen LogP contribution is -2.19. The third kappa shape index (κ3) is 2.00. The lowest BCUT2D eigenvalue weighted by molar-refractivity contribution is 0.617. The summed E-state index contributed by atoms with van der Waals surface area (Å²) in [6.07, 6.45) is 2.36. The summed E-state index contributed by atoms with van der Waals surface area (Å²) < 4.78 is 14.2. The van der Waals surface area contributed by atoms with Gasteiger partial charge in [-0.1, -0.05) is 11.6 Å². The first-order valence-electron chi connectivity index (χ1n) is 5.00. The number of hydrogen-bond acceptors (Lipinski definition) is 1. The highest BCUT2D eigenvalue weighted by Crippen LogP contribution is 2.39. The summed E-state index contributed by atoms with van der Waals surface area (Å²) in [6, 6.07) is 1.40. The summed E-state index contributed by atoms with van der Waals surface area (Å²) in [4.78, 5) is 2.21. The molecule has 0 radical (unpaired) electrons. The lowest BCUT2D eigenvalue weighted by Gasteiger charge is -2.22. The van der Waals surface area contributed by atoms with E-state index < -0.39 is 0 Å². The summed E-state index contributed by atoms with van der Waals surface area (Å²) in [5, 5.41) is 0.492. The van der Waals surface area contributed by atoms with Gasteiger partial charge in [-0.15, -0.1) is 0 Å². The van der Waals surface area contributed by atoms with Crippen LogP contribution in [0.3, 0.4) is 0 Å². The molecule has 0 amide bonds. The third-order valence-corrected chi connectivity index (χ3v) is 4.06. The van der Waals surface area contributed by atoms with Crippen LogP contribution in [0, 0.1) is 12.7 Å². The first kappa shape index (κ1) is 11.2. The van der Waals surface area contributed by atoms with Crippen LogP contribution in [0.1, 0.15) is 18.4 Å². The molecular weight excluding hydrogens is 280 g/mol. The van der Waals surface area contributed by atoms with Gasteiger partial charge in [0.1, 0.15) is 5.82 Å². The summed E-state index contributed by atoms with van der Waals surface area (Å²) in [6.45, 7) is 3.77. The van der Waals surface area contributed by atoms with E-state index in [0.29, 0.717) is 10.6 Å². The van der Waals surface area contributed by atoms with Gasteiger partial charge in [-0.2, -0.15) is 0 Å². The standard InChI is InChI=1S/C11H12BrClFN/c1-7-9(14)6-8(13)11(10(7)12)15-4-2-3-5-15/h6H,2-5H2,1H3. The fraction of sp³-hybridized carbons (Fsp3) is 0.455. The molecule has 1 heterocycles. The summed E-state index contributed by atoms with van der Waals surface area (Å²) in [5.74, 6) is -0.255. The van der Waals surface area contributed by atoms with E-state index in [4.69, 9.17) is 11.6 Å². The van der Waals surface area contributed by atoms with Gasteiger partial charge in [0.15, 0.2) is 0 Å². The van der Waals surface area contributed by atoms with Gasteiger partial charge in [-0.3, -0.25) is 0 Å². The van der Waals surface area contributed by atoms with Crippen LogP contribution in [0.15, 0.2) is 10.5 Å². The van der Waals surface area contributed by atoms with Gasteiger partial charge in [-0.25, -0.2) is 4.39 Å². The number of nitrogens with zero attached hydrogens (tertiary/aromatic N) is 1. The van der Waals surface area contributed by atoms with E-state index in [2.05, 4.69) is 20.8 Å². The average Bonchev–Trinajstić information content (AvgIpc) is 2.68. The fourth-order valence-corrected chi connectivity index (χ4v) is 2.98. The van der Waals surface area contributed by atoms with Crippen LogP contribution in [-0.4, -0.2) is 13.1 Å². The molecule has 2 rings (SSSR count). The molecule has 1 aromatic rings. The Labute approximate surface area is 102 Å². The topological polar surface area (TPSA) is 3.24 Å². The second-order valence-electron chi connectivity index (χ2n) is 3.82. The smallest absolute Gasteiger partial charge is 0.128 e. The molecule has 0 aromatic heterocycles. The van der Waals surface area contributed by atoms with Crippen LogP contribution in [0.2, 0.25) is 5.02 Å². The number of anilines is 1. The van der Waals surface area contributed by atoms with Gasteiger partial charge in [0, 0.05) is 23.1 Å². The normalized spacial score (nSPS) is 16.1. The second kappa shape index (κ2) is 4.30. The third-order valence-electron chi connectivity index (χ3n) is 2.80. The predicted octanol–water partition coefficient (Wildman–Crippen LogP) is 4.15. The molecule has 1 aliphatic rings. The first-order chi connectivity index (χ1) is 7.11. The molecule has 82 valence electrons. The Bertz CT molecular complexity index is 389. The zero-order chi connectivity index (χ0) is 11.0. The van der Waals surface area contributed by atoms with E-state index in [-0.39, 0.29) is 5.82 Å². The van der Waals surface area contributed by atoms with Crippen molar-refractivity contribution in [2.24, 2.45) is 0 Å². The second-order valence-corrected chi connectivity index (χ2v) is 5.02. The SMILES string of the molecule is Cc1c(F)cc(Cl)c(N2CCCC2)c1Br. The van der Waals surface area contributed by atoms with Crippen molar-refractivity contribution in [3.8, 4) is 0 Å². The highest BCUT2D eigenvalue weighted by molar-refractivity contribution is 9.10. The maximum Gasteiger partial charge on any atom is 0.128 e. The van der Waals surface area contributed by atoms with Crippen LogP contribution in [0.25, 0.3) is 0 Å². The Morgan fingerprint density at radius 3 is 2.60 bits per heavy atom. The molecular formula is C11H12BrClFN. The van der Waals surface area contributed by atoms with Gasteiger partial charge in [-0.05, 0) is 41.8 Å². The molecule has 4 heteroatoms. The van der Waals surface area contributed by atoms with Gasteiger partial charge in [0.05, 0.1) is 10.7 Å². The number of benzene rings is 1. The van der Waals surface area contributed by atoms with E-state index in [9.17, 15) is 4.39 Å². The monoisotopic (exact) mass is 291 g/mol. The first-order valence-corrected chi connectivity index (χ1v) is 6.17. The van der Waals surface area contributed by atoms with Crippen LogP contribution < -0.4 is 4.90 Å². The number of rotatable bonds is 1. The molecule has 0 saturated carbocycles. The van der Waals surface area contributed by atoms with Crippen molar-refractivity contribution >= 4 is 33.2 Å². The molecule has 0 aliphatic carbocycles. The van der Waals surface area contributed by atoms with E-state index in [1.165, 1.54) is 18.9 Å². The van der Waals surface area contributed by atoms with Crippen LogP contribution in [0.5, 0.6) is 0 Å². The van der Waals surface area contributed by atoms with Crippen LogP contribution in [-0.2, 0) is 0 Å². The molecule has 0 N–H and O–H groups in total. The maximum atomic E-state index is 13.4.